The van der Waals surface area contributed by atoms with E-state index in [4.69, 9.17) is 25.7 Å². The van der Waals surface area contributed by atoms with Crippen LogP contribution in [0.4, 0.5) is 4.79 Å². The first-order chi connectivity index (χ1) is 17.1. The number of allylic oxidation sites excluding steroid dienone is 5. The summed E-state index contributed by atoms with van der Waals surface area (Å²) in [5.41, 5.74) is 12.2. The Balaban J connectivity index is 2.42. The number of primary amides is 1. The molecule has 0 spiro atoms. The minimum absolute atomic E-state index is 0.0993. The van der Waals surface area contributed by atoms with Crippen LogP contribution in [0.1, 0.15) is 46.0 Å². The van der Waals surface area contributed by atoms with Gasteiger partial charge in [0.05, 0.1) is 17.5 Å². The van der Waals surface area contributed by atoms with Gasteiger partial charge in [0.25, 0.3) is 5.91 Å². The molecule has 0 aromatic carbocycles. The Hall–Kier alpha value is -3.50. The van der Waals surface area contributed by atoms with Gasteiger partial charge >= 0.3 is 6.09 Å². The maximum Gasteiger partial charge on any atom is 0.405 e. The van der Waals surface area contributed by atoms with Crippen LogP contribution in [0.2, 0.25) is 0 Å². The Morgan fingerprint density at radius 1 is 1.11 bits per heavy atom. The van der Waals surface area contributed by atoms with Gasteiger partial charge in [0.1, 0.15) is 6.10 Å². The Morgan fingerprint density at radius 2 is 1.83 bits per heavy atom. The zero-order valence-corrected chi connectivity index (χ0v) is 21.2. The number of fused-ring (bicyclic) bond motifs is 2. The highest BCUT2D eigenvalue weighted by Crippen LogP contribution is 2.23. The molecular weight excluding hydrogens is 466 g/mol. The van der Waals surface area contributed by atoms with E-state index in [2.05, 4.69) is 5.32 Å². The fourth-order valence-electron chi connectivity index (χ4n) is 4.00. The monoisotopic (exact) mass is 501 g/mol. The molecule has 0 fully saturated rings. The molecule has 1 heterocycles. The lowest BCUT2D eigenvalue weighted by Gasteiger charge is -2.24. The van der Waals surface area contributed by atoms with Crippen LogP contribution in [0.3, 0.4) is 0 Å². The molecule has 0 aromatic rings. The van der Waals surface area contributed by atoms with Crippen molar-refractivity contribution in [1.82, 2.24) is 5.32 Å². The molecule has 0 radical (unpaired) electrons. The zero-order chi connectivity index (χ0) is 26.8. The van der Waals surface area contributed by atoms with E-state index in [9.17, 15) is 19.2 Å². The van der Waals surface area contributed by atoms with Crippen LogP contribution in [-0.4, -0.2) is 56.1 Å². The molecule has 36 heavy (non-hydrogen) atoms. The molecule has 2 aliphatic rings. The summed E-state index contributed by atoms with van der Waals surface area (Å²) < 4.78 is 16.4. The second-order valence-electron chi connectivity index (χ2n) is 8.67. The molecule has 2 bridgehead atoms. The first kappa shape index (κ1) is 28.7. The maximum atomic E-state index is 13.0. The molecule has 0 saturated carbocycles. The minimum Gasteiger partial charge on any atom is -0.439 e. The van der Waals surface area contributed by atoms with E-state index in [1.807, 2.05) is 13.0 Å². The number of hydrogen-bond donors (Lipinski definition) is 3. The number of carbonyl (C=O) groups excluding carboxylic acids is 4. The van der Waals surface area contributed by atoms with Crippen LogP contribution in [0, 0.1) is 0 Å². The zero-order valence-electron chi connectivity index (χ0n) is 21.2. The summed E-state index contributed by atoms with van der Waals surface area (Å²) >= 11 is 0. The number of ether oxygens (including phenoxy) is 3. The van der Waals surface area contributed by atoms with Crippen molar-refractivity contribution < 1.29 is 33.4 Å². The van der Waals surface area contributed by atoms with Gasteiger partial charge in [0.15, 0.2) is 6.10 Å². The quantitative estimate of drug-likeness (QED) is 0.392. The molecule has 1 aliphatic carbocycles. The SMILES string of the molecule is CO[C@@H]1CC/C=C(\C)[C@H](OC(N)=O)[C@@H](OC)/C=C\C=C(/C)C(=O)NC2=CC(=O)C(N)=C(CCC1)C2=O. The van der Waals surface area contributed by atoms with Crippen LogP contribution < -0.4 is 16.8 Å². The van der Waals surface area contributed by atoms with E-state index in [0.29, 0.717) is 25.7 Å². The third-order valence-electron chi connectivity index (χ3n) is 6.14. The fraction of sp³-hybridized carbons (Fsp3) is 0.462. The molecular formula is C26H35N3O7. The molecule has 3 atom stereocenters. The summed E-state index contributed by atoms with van der Waals surface area (Å²) in [4.78, 5) is 49.5. The molecule has 5 N–H and O–H groups in total. The highest BCUT2D eigenvalue weighted by molar-refractivity contribution is 6.23. The standard InChI is InChI=1S/C26H35N3O7/c1-15-8-5-10-17(34-3)11-7-12-18-22(27)20(30)14-19(23(18)31)29-25(32)16(2)9-6-13-21(35-4)24(15)36-26(28)33/h6,8-9,13-14,17,21,24H,5,7,10-12,27H2,1-4H3,(H2,28,33)(H,29,32)/b13-6-,15-8+,16-9+/t17-,21+,24+/m1/s1. The van der Waals surface area contributed by atoms with E-state index >= 15 is 0 Å². The van der Waals surface area contributed by atoms with E-state index < -0.39 is 35.8 Å². The largest absolute Gasteiger partial charge is 0.439 e. The lowest BCUT2D eigenvalue weighted by molar-refractivity contribution is -0.120. The third-order valence-corrected chi connectivity index (χ3v) is 6.14. The van der Waals surface area contributed by atoms with Crippen molar-refractivity contribution in [2.75, 3.05) is 14.2 Å². The number of nitrogens with two attached hydrogens (primary N) is 2. The Labute approximate surface area is 211 Å². The summed E-state index contributed by atoms with van der Waals surface area (Å²) in [7, 11) is 3.07. The van der Waals surface area contributed by atoms with Gasteiger partial charge in [-0.2, -0.15) is 0 Å². The third kappa shape index (κ3) is 7.76. The van der Waals surface area contributed by atoms with Crippen molar-refractivity contribution in [3.05, 3.63) is 58.5 Å². The van der Waals surface area contributed by atoms with Gasteiger partial charge in [-0.1, -0.05) is 24.3 Å². The normalized spacial score (nSPS) is 28.8. The summed E-state index contributed by atoms with van der Waals surface area (Å²) in [5, 5.41) is 2.51. The number of Topliss-reactive ketones (excluding diaryl/α,β-unsaturated/α-hetero) is 1. The minimum atomic E-state index is -0.936. The van der Waals surface area contributed by atoms with Crippen molar-refractivity contribution in [3.8, 4) is 0 Å². The smallest absolute Gasteiger partial charge is 0.405 e. The maximum absolute atomic E-state index is 13.0. The molecule has 0 aromatic heterocycles. The van der Waals surface area contributed by atoms with Crippen molar-refractivity contribution >= 4 is 23.6 Å². The van der Waals surface area contributed by atoms with Crippen LogP contribution in [0.25, 0.3) is 0 Å². The highest BCUT2D eigenvalue weighted by Gasteiger charge is 2.28. The van der Waals surface area contributed by atoms with Crippen molar-refractivity contribution in [3.63, 3.8) is 0 Å². The lowest BCUT2D eigenvalue weighted by Crippen LogP contribution is -2.34. The Bertz CT molecular complexity index is 1040. The van der Waals surface area contributed by atoms with Crippen LogP contribution >= 0.6 is 0 Å². The predicted octanol–water partition coefficient (Wildman–Crippen LogP) is 2.26. The van der Waals surface area contributed by atoms with E-state index in [0.717, 1.165) is 11.6 Å². The summed E-state index contributed by atoms with van der Waals surface area (Å²) in [6, 6.07) is 0. The molecule has 0 saturated heterocycles. The van der Waals surface area contributed by atoms with Crippen LogP contribution in [-0.2, 0) is 28.6 Å². The summed E-state index contributed by atoms with van der Waals surface area (Å²) in [6.07, 6.45) is 7.99. The number of amides is 2. The summed E-state index contributed by atoms with van der Waals surface area (Å²) in [5.74, 6) is -1.54. The summed E-state index contributed by atoms with van der Waals surface area (Å²) in [6.45, 7) is 3.37. The average Bonchev–Trinajstić information content (AvgIpc) is 2.83. The molecule has 2 rings (SSSR count). The number of nitrogens with one attached hydrogen (secondary N) is 1. The average molecular weight is 502 g/mol. The fourth-order valence-corrected chi connectivity index (χ4v) is 4.00. The van der Waals surface area contributed by atoms with Gasteiger partial charge in [-0.3, -0.25) is 14.4 Å². The molecule has 0 unspecified atom stereocenters. The van der Waals surface area contributed by atoms with Gasteiger partial charge in [-0.25, -0.2) is 4.79 Å². The van der Waals surface area contributed by atoms with E-state index in [1.54, 1.807) is 26.2 Å². The first-order valence-corrected chi connectivity index (χ1v) is 11.7. The molecule has 1 aliphatic heterocycles. The molecule has 196 valence electrons. The van der Waals surface area contributed by atoms with Gasteiger partial charge < -0.3 is 31.0 Å². The van der Waals surface area contributed by atoms with Crippen LogP contribution in [0.15, 0.2) is 58.5 Å². The molecule has 10 nitrogen and oxygen atoms in total. The van der Waals surface area contributed by atoms with Gasteiger partial charge in [0.2, 0.25) is 11.6 Å². The van der Waals surface area contributed by atoms with E-state index in [-0.39, 0.29) is 35.1 Å². The topological polar surface area (TPSA) is 160 Å². The second-order valence-corrected chi connectivity index (χ2v) is 8.67. The number of carbonyl (C=O) groups is 4. The van der Waals surface area contributed by atoms with Crippen molar-refractivity contribution in [2.45, 2.75) is 64.3 Å². The van der Waals surface area contributed by atoms with Crippen LogP contribution in [0.5, 0.6) is 0 Å². The second kappa shape index (κ2) is 13.6. The number of methoxy groups -OCH3 is 2. The van der Waals surface area contributed by atoms with Crippen molar-refractivity contribution in [2.24, 2.45) is 11.5 Å². The first-order valence-electron chi connectivity index (χ1n) is 11.7. The van der Waals surface area contributed by atoms with Crippen molar-refractivity contribution in [1.29, 1.82) is 0 Å². The number of hydrogen-bond acceptors (Lipinski definition) is 8. The number of ketones is 2. The highest BCUT2D eigenvalue weighted by atomic mass is 16.6. The lowest BCUT2D eigenvalue weighted by atomic mass is 9.92. The number of rotatable bonds is 3. The Morgan fingerprint density at radius 3 is 2.47 bits per heavy atom. The van der Waals surface area contributed by atoms with Gasteiger partial charge in [-0.15, -0.1) is 0 Å². The van der Waals surface area contributed by atoms with E-state index in [1.165, 1.54) is 13.2 Å². The van der Waals surface area contributed by atoms with Gasteiger partial charge in [0, 0.05) is 31.4 Å². The van der Waals surface area contributed by atoms with Gasteiger partial charge in [-0.05, 0) is 51.5 Å². The predicted molar refractivity (Wildman–Crippen MR) is 133 cm³/mol. The Kier molecular flexibility index (Phi) is 10.8. The molecule has 2 amide bonds. The molecule has 10 heteroatoms.